The summed E-state index contributed by atoms with van der Waals surface area (Å²) in [6.45, 7) is 6.70. The summed E-state index contributed by atoms with van der Waals surface area (Å²) >= 11 is 1.38. The Hall–Kier alpha value is -2.80. The van der Waals surface area contributed by atoms with Crippen LogP contribution in [0.5, 0.6) is 5.75 Å². The van der Waals surface area contributed by atoms with Gasteiger partial charge in [0.25, 0.3) is 0 Å². The molecule has 1 N–H and O–H groups in total. The fourth-order valence-corrected chi connectivity index (χ4v) is 3.83. The molecule has 0 atom stereocenters. The Morgan fingerprint density at radius 2 is 1.82 bits per heavy atom. The molecule has 3 rings (SSSR count). The lowest BCUT2D eigenvalue weighted by molar-refractivity contribution is -0.113. The van der Waals surface area contributed by atoms with Crippen LogP contribution in [-0.4, -0.2) is 33.5 Å². The van der Waals surface area contributed by atoms with E-state index in [2.05, 4.69) is 15.5 Å². The van der Waals surface area contributed by atoms with Crippen LogP contribution in [0.4, 0.5) is 5.69 Å². The summed E-state index contributed by atoms with van der Waals surface area (Å²) in [7, 11) is 1.64. The van der Waals surface area contributed by atoms with E-state index in [4.69, 9.17) is 4.74 Å². The Kier molecular flexibility index (Phi) is 6.36. The predicted octanol–water partition coefficient (Wildman–Crippen LogP) is 4.32. The number of anilines is 1. The van der Waals surface area contributed by atoms with Crippen molar-refractivity contribution in [1.29, 1.82) is 0 Å². The van der Waals surface area contributed by atoms with Crippen molar-refractivity contribution in [3.63, 3.8) is 0 Å². The number of thioether (sulfide) groups is 1. The monoisotopic (exact) mass is 396 g/mol. The first-order valence-electron chi connectivity index (χ1n) is 9.10. The smallest absolute Gasteiger partial charge is 0.234 e. The van der Waals surface area contributed by atoms with Crippen molar-refractivity contribution in [3.05, 3.63) is 53.6 Å². The molecule has 0 aliphatic carbocycles. The highest BCUT2D eigenvalue weighted by Crippen LogP contribution is 2.31. The lowest BCUT2D eigenvalue weighted by Crippen LogP contribution is -2.16. The van der Waals surface area contributed by atoms with Gasteiger partial charge >= 0.3 is 0 Å². The molecule has 146 valence electrons. The van der Waals surface area contributed by atoms with Gasteiger partial charge in [0, 0.05) is 12.2 Å². The predicted molar refractivity (Wildman–Crippen MR) is 113 cm³/mol. The fraction of sp³-hybridized carbons (Fsp3) is 0.286. The Balaban J connectivity index is 1.75. The first-order chi connectivity index (χ1) is 13.5. The second-order valence-electron chi connectivity index (χ2n) is 6.35. The minimum Gasteiger partial charge on any atom is -0.496 e. The number of para-hydroxylation sites is 2. The maximum Gasteiger partial charge on any atom is 0.234 e. The first kappa shape index (κ1) is 19.9. The van der Waals surface area contributed by atoms with Gasteiger partial charge < -0.3 is 14.6 Å². The number of aryl methyl sites for hydroxylation is 2. The lowest BCUT2D eigenvalue weighted by atomic mass is 10.1. The van der Waals surface area contributed by atoms with Gasteiger partial charge in [0.15, 0.2) is 11.0 Å². The van der Waals surface area contributed by atoms with Gasteiger partial charge in [-0.3, -0.25) is 4.79 Å². The largest absolute Gasteiger partial charge is 0.496 e. The number of carbonyl (C=O) groups excluding carboxylic acids is 1. The molecule has 0 unspecified atom stereocenters. The molecular weight excluding hydrogens is 372 g/mol. The van der Waals surface area contributed by atoms with Crippen molar-refractivity contribution in [2.24, 2.45) is 0 Å². The van der Waals surface area contributed by atoms with E-state index in [-0.39, 0.29) is 11.7 Å². The zero-order valence-electron chi connectivity index (χ0n) is 16.5. The van der Waals surface area contributed by atoms with Gasteiger partial charge in [-0.05, 0) is 44.0 Å². The van der Waals surface area contributed by atoms with Gasteiger partial charge in [0.1, 0.15) is 5.75 Å². The van der Waals surface area contributed by atoms with Crippen molar-refractivity contribution >= 4 is 23.4 Å². The van der Waals surface area contributed by atoms with Gasteiger partial charge in [0.05, 0.1) is 18.4 Å². The minimum atomic E-state index is -0.0631. The lowest BCUT2D eigenvalue weighted by Gasteiger charge is -2.12. The molecule has 0 aliphatic rings. The second kappa shape index (κ2) is 8.93. The topological polar surface area (TPSA) is 69.0 Å². The average molecular weight is 397 g/mol. The van der Waals surface area contributed by atoms with Crippen LogP contribution in [-0.2, 0) is 11.3 Å². The number of carbonyl (C=O) groups is 1. The normalized spacial score (nSPS) is 10.7. The molecule has 2 aromatic carbocycles. The molecule has 7 heteroatoms. The molecule has 0 bridgehead atoms. The van der Waals surface area contributed by atoms with E-state index in [1.165, 1.54) is 11.8 Å². The van der Waals surface area contributed by atoms with E-state index in [9.17, 15) is 4.79 Å². The summed E-state index contributed by atoms with van der Waals surface area (Å²) < 4.78 is 7.44. The van der Waals surface area contributed by atoms with Crippen molar-refractivity contribution in [2.45, 2.75) is 32.5 Å². The Morgan fingerprint density at radius 1 is 1.11 bits per heavy atom. The minimum absolute atomic E-state index is 0.0631. The van der Waals surface area contributed by atoms with Gasteiger partial charge in [0.2, 0.25) is 5.91 Å². The summed E-state index contributed by atoms with van der Waals surface area (Å²) in [5.41, 5.74) is 3.85. The maximum absolute atomic E-state index is 12.5. The third kappa shape index (κ3) is 4.20. The number of nitrogens with zero attached hydrogens (tertiary/aromatic N) is 3. The van der Waals surface area contributed by atoms with E-state index >= 15 is 0 Å². The van der Waals surface area contributed by atoms with Crippen LogP contribution in [0.25, 0.3) is 11.4 Å². The van der Waals surface area contributed by atoms with Crippen molar-refractivity contribution in [3.8, 4) is 17.1 Å². The molecule has 0 spiro atoms. The molecule has 0 aliphatic heterocycles. The van der Waals surface area contributed by atoms with E-state index in [0.29, 0.717) is 11.7 Å². The number of methoxy groups -OCH3 is 1. The number of hydrogen-bond acceptors (Lipinski definition) is 5. The Bertz CT molecular complexity index is 964. The molecular formula is C21H24N4O2S. The van der Waals surface area contributed by atoms with Crippen molar-refractivity contribution in [1.82, 2.24) is 14.8 Å². The summed E-state index contributed by atoms with van der Waals surface area (Å²) in [4.78, 5) is 12.5. The number of benzene rings is 2. The number of amides is 1. The fourth-order valence-electron chi connectivity index (χ4n) is 3.03. The third-order valence-electron chi connectivity index (χ3n) is 4.46. The van der Waals surface area contributed by atoms with E-state index in [0.717, 1.165) is 34.0 Å². The van der Waals surface area contributed by atoms with Crippen LogP contribution in [0.2, 0.25) is 0 Å². The molecule has 3 aromatic rings. The molecule has 1 aromatic heterocycles. The molecule has 0 saturated heterocycles. The highest BCUT2D eigenvalue weighted by atomic mass is 32.2. The highest BCUT2D eigenvalue weighted by Gasteiger charge is 2.17. The molecule has 1 amide bonds. The van der Waals surface area contributed by atoms with Crippen LogP contribution in [0, 0.1) is 13.8 Å². The highest BCUT2D eigenvalue weighted by molar-refractivity contribution is 7.99. The summed E-state index contributed by atoms with van der Waals surface area (Å²) in [6, 6.07) is 13.7. The third-order valence-corrected chi connectivity index (χ3v) is 5.43. The van der Waals surface area contributed by atoms with Gasteiger partial charge in [-0.2, -0.15) is 0 Å². The Labute approximate surface area is 169 Å². The van der Waals surface area contributed by atoms with E-state index in [1.807, 2.05) is 67.8 Å². The van der Waals surface area contributed by atoms with Gasteiger partial charge in [-0.1, -0.05) is 42.1 Å². The average Bonchev–Trinajstić information content (AvgIpc) is 3.12. The number of aromatic nitrogens is 3. The zero-order chi connectivity index (χ0) is 20.1. The van der Waals surface area contributed by atoms with Gasteiger partial charge in [-0.25, -0.2) is 0 Å². The maximum atomic E-state index is 12.5. The molecule has 28 heavy (non-hydrogen) atoms. The van der Waals surface area contributed by atoms with Gasteiger partial charge in [-0.15, -0.1) is 10.2 Å². The molecule has 0 fully saturated rings. The summed E-state index contributed by atoms with van der Waals surface area (Å²) in [5.74, 6) is 1.68. The number of ether oxygens (including phenoxy) is 1. The molecule has 0 radical (unpaired) electrons. The van der Waals surface area contributed by atoms with Crippen molar-refractivity contribution < 1.29 is 9.53 Å². The number of hydrogen-bond donors (Lipinski definition) is 1. The second-order valence-corrected chi connectivity index (χ2v) is 7.30. The summed E-state index contributed by atoms with van der Waals surface area (Å²) in [6.07, 6.45) is 0. The number of nitrogens with one attached hydrogen (secondary N) is 1. The Morgan fingerprint density at radius 3 is 2.50 bits per heavy atom. The molecule has 1 heterocycles. The summed E-state index contributed by atoms with van der Waals surface area (Å²) in [5, 5.41) is 12.3. The van der Waals surface area contributed by atoms with Crippen LogP contribution in [0.15, 0.2) is 47.6 Å². The first-order valence-corrected chi connectivity index (χ1v) is 10.1. The molecule has 0 saturated carbocycles. The van der Waals surface area contributed by atoms with Crippen molar-refractivity contribution in [2.75, 3.05) is 18.2 Å². The van der Waals surface area contributed by atoms with E-state index < -0.39 is 0 Å². The quantitative estimate of drug-likeness (QED) is 0.602. The van der Waals surface area contributed by atoms with E-state index in [1.54, 1.807) is 7.11 Å². The van der Waals surface area contributed by atoms with Crippen LogP contribution in [0.1, 0.15) is 18.1 Å². The SMILES string of the molecule is CCn1c(SCC(=O)Nc2c(C)cccc2C)nnc1-c1ccccc1OC. The van der Waals surface area contributed by atoms with Crippen LogP contribution < -0.4 is 10.1 Å². The standard InChI is InChI=1S/C21H24N4O2S/c1-5-25-20(16-11-6-7-12-17(16)27-4)23-24-21(25)28-13-18(26)22-19-14(2)9-8-10-15(19)3/h6-12H,5,13H2,1-4H3,(H,22,26). The zero-order valence-corrected chi connectivity index (χ0v) is 17.3. The van der Waals surface area contributed by atoms with Crippen LogP contribution in [0.3, 0.4) is 0 Å². The number of rotatable bonds is 7. The molecule has 6 nitrogen and oxygen atoms in total. The van der Waals surface area contributed by atoms with Crippen LogP contribution >= 0.6 is 11.8 Å².